The highest BCUT2D eigenvalue weighted by Gasteiger charge is 2.16. The lowest BCUT2D eigenvalue weighted by molar-refractivity contribution is -0.122. The molecule has 0 radical (unpaired) electrons. The van der Waals surface area contributed by atoms with Crippen LogP contribution in [0.2, 0.25) is 0 Å². The highest BCUT2D eigenvalue weighted by atomic mass is 16.5. The zero-order chi connectivity index (χ0) is 24.3. The third kappa shape index (κ3) is 7.37. The number of anilines is 1. The van der Waals surface area contributed by atoms with E-state index in [0.29, 0.717) is 29.3 Å². The molecule has 0 saturated heterocycles. The van der Waals surface area contributed by atoms with Crippen molar-refractivity contribution < 1.29 is 23.9 Å². The summed E-state index contributed by atoms with van der Waals surface area (Å²) in [4.78, 5) is 36.8. The Labute approximate surface area is 198 Å². The van der Waals surface area contributed by atoms with Gasteiger partial charge in [0, 0.05) is 23.9 Å². The Hall–Kier alpha value is -4.33. The Morgan fingerprint density at radius 1 is 0.882 bits per heavy atom. The summed E-state index contributed by atoms with van der Waals surface area (Å²) in [6.45, 7) is 1.81. The van der Waals surface area contributed by atoms with Crippen LogP contribution in [0, 0.1) is 0 Å². The van der Waals surface area contributed by atoms with E-state index in [-0.39, 0.29) is 24.3 Å². The summed E-state index contributed by atoms with van der Waals surface area (Å²) in [5, 5.41) is 8.19. The molecule has 0 aliphatic rings. The molecule has 0 bridgehead atoms. The van der Waals surface area contributed by atoms with Crippen molar-refractivity contribution in [2.45, 2.75) is 19.5 Å². The molecule has 3 aromatic rings. The van der Waals surface area contributed by atoms with E-state index in [2.05, 4.69) is 16.0 Å². The SMILES string of the molecule is COc1cccc(NC(=O)COc2ccc(C(=O)NC(C)C(=O)NCc3ccccc3)cc2)c1. The zero-order valence-electron chi connectivity index (χ0n) is 19.0. The van der Waals surface area contributed by atoms with E-state index in [1.165, 1.54) is 0 Å². The Bertz CT molecular complexity index is 1120. The number of benzene rings is 3. The second-order valence-corrected chi connectivity index (χ2v) is 7.49. The summed E-state index contributed by atoms with van der Waals surface area (Å²) in [5.41, 5.74) is 1.94. The molecule has 3 rings (SSSR count). The highest BCUT2D eigenvalue weighted by Crippen LogP contribution is 2.17. The van der Waals surface area contributed by atoms with Crippen LogP contribution in [0.4, 0.5) is 5.69 Å². The molecule has 0 heterocycles. The van der Waals surface area contributed by atoms with Gasteiger partial charge in [0.05, 0.1) is 7.11 Å². The van der Waals surface area contributed by atoms with Crippen LogP contribution in [-0.2, 0) is 16.1 Å². The second-order valence-electron chi connectivity index (χ2n) is 7.49. The number of nitrogens with one attached hydrogen (secondary N) is 3. The smallest absolute Gasteiger partial charge is 0.262 e. The quantitative estimate of drug-likeness (QED) is 0.430. The average molecular weight is 462 g/mol. The van der Waals surface area contributed by atoms with Crippen LogP contribution < -0.4 is 25.4 Å². The summed E-state index contributed by atoms with van der Waals surface area (Å²) in [7, 11) is 1.55. The van der Waals surface area contributed by atoms with Gasteiger partial charge in [0.2, 0.25) is 5.91 Å². The van der Waals surface area contributed by atoms with Gasteiger partial charge in [-0.3, -0.25) is 14.4 Å². The maximum atomic E-state index is 12.5. The molecule has 176 valence electrons. The summed E-state index contributed by atoms with van der Waals surface area (Å²) < 4.78 is 10.6. The molecule has 0 saturated carbocycles. The third-order valence-electron chi connectivity index (χ3n) is 4.89. The first kappa shape index (κ1) is 24.3. The number of carbonyl (C=O) groups excluding carboxylic acids is 3. The molecule has 0 spiro atoms. The Morgan fingerprint density at radius 2 is 1.62 bits per heavy atom. The second kappa shape index (κ2) is 12.1. The van der Waals surface area contributed by atoms with Crippen molar-refractivity contribution in [2.24, 2.45) is 0 Å². The molecular formula is C26H27N3O5. The van der Waals surface area contributed by atoms with E-state index < -0.39 is 6.04 Å². The molecule has 0 fully saturated rings. The monoisotopic (exact) mass is 461 g/mol. The molecule has 3 N–H and O–H groups in total. The van der Waals surface area contributed by atoms with Gasteiger partial charge in [-0.05, 0) is 48.9 Å². The van der Waals surface area contributed by atoms with E-state index in [0.717, 1.165) is 5.56 Å². The summed E-state index contributed by atoms with van der Waals surface area (Å²) >= 11 is 0. The molecule has 1 unspecified atom stereocenters. The van der Waals surface area contributed by atoms with E-state index in [4.69, 9.17) is 9.47 Å². The molecule has 8 heteroatoms. The number of rotatable bonds is 10. The average Bonchev–Trinajstić information content (AvgIpc) is 2.87. The summed E-state index contributed by atoms with van der Waals surface area (Å²) in [5.74, 6) is 0.0795. The van der Waals surface area contributed by atoms with Gasteiger partial charge in [0.25, 0.3) is 11.8 Å². The van der Waals surface area contributed by atoms with Gasteiger partial charge in [0.1, 0.15) is 17.5 Å². The number of hydrogen-bond acceptors (Lipinski definition) is 5. The fourth-order valence-electron chi connectivity index (χ4n) is 3.03. The number of amides is 3. The van der Waals surface area contributed by atoms with Crippen LogP contribution in [0.25, 0.3) is 0 Å². The van der Waals surface area contributed by atoms with Gasteiger partial charge in [0.15, 0.2) is 6.61 Å². The van der Waals surface area contributed by atoms with Gasteiger partial charge in [-0.1, -0.05) is 36.4 Å². The van der Waals surface area contributed by atoms with Crippen LogP contribution in [0.15, 0.2) is 78.9 Å². The number of methoxy groups -OCH3 is 1. The Kier molecular flexibility index (Phi) is 8.62. The molecule has 3 amide bonds. The predicted molar refractivity (Wildman–Crippen MR) is 129 cm³/mol. The fourth-order valence-corrected chi connectivity index (χ4v) is 3.03. The first-order valence-electron chi connectivity index (χ1n) is 10.7. The maximum absolute atomic E-state index is 12.5. The van der Waals surface area contributed by atoms with Gasteiger partial charge >= 0.3 is 0 Å². The predicted octanol–water partition coefficient (Wildman–Crippen LogP) is 3.15. The van der Waals surface area contributed by atoms with Gasteiger partial charge in [-0.15, -0.1) is 0 Å². The molecule has 0 aromatic heterocycles. The number of hydrogen-bond donors (Lipinski definition) is 3. The van der Waals surface area contributed by atoms with Crippen LogP contribution in [0.3, 0.4) is 0 Å². The molecular weight excluding hydrogens is 434 g/mol. The van der Waals surface area contributed by atoms with Crippen molar-refractivity contribution in [3.8, 4) is 11.5 Å². The lowest BCUT2D eigenvalue weighted by Crippen LogP contribution is -2.44. The van der Waals surface area contributed by atoms with Crippen molar-refractivity contribution in [1.82, 2.24) is 10.6 Å². The van der Waals surface area contributed by atoms with Crippen molar-refractivity contribution >= 4 is 23.4 Å². The highest BCUT2D eigenvalue weighted by molar-refractivity contribution is 5.97. The largest absolute Gasteiger partial charge is 0.497 e. The fraction of sp³-hybridized carbons (Fsp3) is 0.192. The number of ether oxygens (including phenoxy) is 2. The minimum absolute atomic E-state index is 0.193. The summed E-state index contributed by atoms with van der Waals surface area (Å²) in [6, 6.07) is 22.1. The minimum Gasteiger partial charge on any atom is -0.497 e. The Balaban J connectivity index is 1.44. The standard InChI is InChI=1S/C26H27N3O5/c1-18(25(31)27-16-19-7-4-3-5-8-19)28-26(32)20-11-13-22(14-12-20)34-17-24(30)29-21-9-6-10-23(15-21)33-2/h3-15,18H,16-17H2,1-2H3,(H,27,31)(H,28,32)(H,29,30). The van der Waals surface area contributed by atoms with Crippen molar-refractivity contribution in [2.75, 3.05) is 19.0 Å². The van der Waals surface area contributed by atoms with E-state index in [1.807, 2.05) is 30.3 Å². The van der Waals surface area contributed by atoms with Crippen molar-refractivity contribution in [3.63, 3.8) is 0 Å². The molecule has 1 atom stereocenters. The van der Waals surface area contributed by atoms with Crippen LogP contribution >= 0.6 is 0 Å². The lowest BCUT2D eigenvalue weighted by atomic mass is 10.2. The van der Waals surface area contributed by atoms with Crippen molar-refractivity contribution in [1.29, 1.82) is 0 Å². The third-order valence-corrected chi connectivity index (χ3v) is 4.89. The van der Waals surface area contributed by atoms with Crippen LogP contribution in [0.1, 0.15) is 22.8 Å². The van der Waals surface area contributed by atoms with Gasteiger partial charge < -0.3 is 25.4 Å². The maximum Gasteiger partial charge on any atom is 0.262 e. The first-order valence-corrected chi connectivity index (χ1v) is 10.7. The summed E-state index contributed by atoms with van der Waals surface area (Å²) in [6.07, 6.45) is 0. The lowest BCUT2D eigenvalue weighted by Gasteiger charge is -2.14. The molecule has 0 aliphatic heterocycles. The van der Waals surface area contributed by atoms with Gasteiger partial charge in [-0.2, -0.15) is 0 Å². The first-order chi connectivity index (χ1) is 16.4. The minimum atomic E-state index is -0.701. The van der Waals surface area contributed by atoms with Crippen LogP contribution in [0.5, 0.6) is 11.5 Å². The molecule has 0 aliphatic carbocycles. The molecule has 3 aromatic carbocycles. The van der Waals surface area contributed by atoms with E-state index in [9.17, 15) is 14.4 Å². The Morgan fingerprint density at radius 3 is 2.32 bits per heavy atom. The van der Waals surface area contributed by atoms with Crippen molar-refractivity contribution in [3.05, 3.63) is 90.0 Å². The van der Waals surface area contributed by atoms with E-state index in [1.54, 1.807) is 62.6 Å². The number of carbonyl (C=O) groups is 3. The molecule has 8 nitrogen and oxygen atoms in total. The van der Waals surface area contributed by atoms with E-state index >= 15 is 0 Å². The zero-order valence-corrected chi connectivity index (χ0v) is 19.0. The van der Waals surface area contributed by atoms with Gasteiger partial charge in [-0.25, -0.2) is 0 Å². The normalized spacial score (nSPS) is 11.1. The van der Waals surface area contributed by atoms with Crippen LogP contribution in [-0.4, -0.2) is 37.5 Å². The molecule has 34 heavy (non-hydrogen) atoms. The topological polar surface area (TPSA) is 106 Å².